The molecule has 0 spiro atoms. The molecular formula is C21H31BrO2. The van der Waals surface area contributed by atoms with Crippen LogP contribution in [0.25, 0.3) is 0 Å². The number of carbonyl (C=O) groups excluding carboxylic acids is 1. The number of hydrogen-bond donors (Lipinski definition) is 0. The van der Waals surface area contributed by atoms with Gasteiger partial charge in [-0.2, -0.15) is 0 Å². The monoisotopic (exact) mass is 394 g/mol. The van der Waals surface area contributed by atoms with Crippen LogP contribution in [0.5, 0.6) is 0 Å². The normalized spacial score (nSPS) is 50.3. The summed E-state index contributed by atoms with van der Waals surface area (Å²) in [5.41, 5.74) is 2.48. The fourth-order valence-electron chi connectivity index (χ4n) is 6.89. The molecule has 0 amide bonds. The van der Waals surface area contributed by atoms with Crippen molar-refractivity contribution in [2.45, 2.75) is 83.1 Å². The maximum absolute atomic E-state index is 11.4. The first kappa shape index (κ1) is 17.1. The van der Waals surface area contributed by atoms with E-state index in [1.54, 1.807) is 5.57 Å². The van der Waals surface area contributed by atoms with E-state index in [4.69, 9.17) is 4.74 Å². The lowest BCUT2D eigenvalue weighted by molar-refractivity contribution is -0.148. The zero-order chi connectivity index (χ0) is 17.1. The maximum Gasteiger partial charge on any atom is 0.302 e. The van der Waals surface area contributed by atoms with Crippen LogP contribution in [-0.2, 0) is 9.53 Å². The van der Waals surface area contributed by atoms with Gasteiger partial charge < -0.3 is 4.74 Å². The minimum Gasteiger partial charge on any atom is -0.462 e. The van der Waals surface area contributed by atoms with Gasteiger partial charge in [0.2, 0.25) is 0 Å². The third-order valence-corrected chi connectivity index (χ3v) is 9.03. The lowest BCUT2D eigenvalue weighted by atomic mass is 9.48. The lowest BCUT2D eigenvalue weighted by Gasteiger charge is -2.58. The second-order valence-electron chi connectivity index (χ2n) is 9.40. The van der Waals surface area contributed by atoms with E-state index in [2.05, 4.69) is 35.9 Å². The van der Waals surface area contributed by atoms with Gasteiger partial charge in [0, 0.05) is 18.2 Å². The quantitative estimate of drug-likeness (QED) is 0.326. The van der Waals surface area contributed by atoms with E-state index in [1.165, 1.54) is 45.4 Å². The number of hydrogen-bond acceptors (Lipinski definition) is 2. The summed E-state index contributed by atoms with van der Waals surface area (Å²) >= 11 is 4.06. The summed E-state index contributed by atoms with van der Waals surface area (Å²) in [6.07, 6.45) is 12.8. The van der Waals surface area contributed by atoms with Gasteiger partial charge in [-0.25, -0.2) is 0 Å². The Morgan fingerprint density at radius 3 is 2.71 bits per heavy atom. The van der Waals surface area contributed by atoms with Crippen LogP contribution in [0.2, 0.25) is 0 Å². The van der Waals surface area contributed by atoms with Crippen LogP contribution in [0.15, 0.2) is 11.6 Å². The molecule has 0 aromatic carbocycles. The van der Waals surface area contributed by atoms with Crippen LogP contribution in [0.4, 0.5) is 0 Å². The minimum absolute atomic E-state index is 0.0958. The molecule has 4 unspecified atom stereocenters. The number of fused-ring (bicyclic) bond motifs is 5. The molecular weight excluding hydrogens is 364 g/mol. The second-order valence-corrected chi connectivity index (χ2v) is 10.5. The van der Waals surface area contributed by atoms with Crippen molar-refractivity contribution in [1.29, 1.82) is 0 Å². The molecule has 0 heterocycles. The average Bonchev–Trinajstić information content (AvgIpc) is 2.90. The van der Waals surface area contributed by atoms with Crippen molar-refractivity contribution in [3.63, 3.8) is 0 Å². The van der Waals surface area contributed by atoms with E-state index >= 15 is 0 Å². The van der Waals surface area contributed by atoms with Crippen molar-refractivity contribution >= 4 is 21.9 Å². The molecule has 4 rings (SSSR count). The smallest absolute Gasteiger partial charge is 0.302 e. The summed E-state index contributed by atoms with van der Waals surface area (Å²) in [6.45, 7) is 6.60. The first-order valence-corrected chi connectivity index (χ1v) is 10.8. The summed E-state index contributed by atoms with van der Waals surface area (Å²) < 4.78 is 5.55. The van der Waals surface area contributed by atoms with Crippen LogP contribution in [0, 0.1) is 28.6 Å². The molecule has 0 aliphatic heterocycles. The van der Waals surface area contributed by atoms with Crippen molar-refractivity contribution in [2.24, 2.45) is 28.6 Å². The maximum atomic E-state index is 11.4. The van der Waals surface area contributed by atoms with E-state index in [9.17, 15) is 4.79 Å². The molecule has 0 bridgehead atoms. The van der Waals surface area contributed by atoms with E-state index in [1.807, 2.05) is 0 Å². The number of allylic oxidation sites excluding steroid dienone is 1. The van der Waals surface area contributed by atoms with Crippen LogP contribution >= 0.6 is 15.9 Å². The van der Waals surface area contributed by atoms with Gasteiger partial charge in [-0.3, -0.25) is 4.79 Å². The highest BCUT2D eigenvalue weighted by Gasteiger charge is 2.58. The predicted octanol–water partition coefficient (Wildman–Crippen LogP) is 5.64. The SMILES string of the molecule is CC(=O)O[C@H]1CC[C@@]2(C)C(=CC(Br)C3C4CCC[C@@]4(C)CCC32)C1. The van der Waals surface area contributed by atoms with Crippen LogP contribution < -0.4 is 0 Å². The highest BCUT2D eigenvalue weighted by atomic mass is 79.9. The van der Waals surface area contributed by atoms with E-state index in [0.29, 0.717) is 15.7 Å². The van der Waals surface area contributed by atoms with Gasteiger partial charge in [-0.05, 0) is 67.1 Å². The predicted molar refractivity (Wildman–Crippen MR) is 100.0 cm³/mol. The third-order valence-electron chi connectivity index (χ3n) is 8.16. The molecule has 7 atom stereocenters. The van der Waals surface area contributed by atoms with Crippen molar-refractivity contribution in [3.05, 3.63) is 11.6 Å². The average molecular weight is 395 g/mol. The number of rotatable bonds is 1. The Morgan fingerprint density at radius 1 is 1.17 bits per heavy atom. The molecule has 3 fully saturated rings. The van der Waals surface area contributed by atoms with Gasteiger partial charge in [0.25, 0.3) is 0 Å². The Bertz CT molecular complexity index is 570. The Balaban J connectivity index is 1.64. The molecule has 0 N–H and O–H groups in total. The van der Waals surface area contributed by atoms with E-state index in [0.717, 1.165) is 30.6 Å². The number of halogens is 1. The molecule has 0 aromatic heterocycles. The zero-order valence-electron chi connectivity index (χ0n) is 15.3. The van der Waals surface area contributed by atoms with E-state index < -0.39 is 0 Å². The zero-order valence-corrected chi connectivity index (χ0v) is 16.9. The summed E-state index contributed by atoms with van der Waals surface area (Å²) in [6, 6.07) is 0. The number of carbonyl (C=O) groups is 1. The number of alkyl halides is 1. The fraction of sp³-hybridized carbons (Fsp3) is 0.857. The molecule has 0 aromatic rings. The molecule has 0 saturated heterocycles. The largest absolute Gasteiger partial charge is 0.462 e. The Hall–Kier alpha value is -0.310. The second kappa shape index (κ2) is 5.86. The van der Waals surface area contributed by atoms with E-state index in [-0.39, 0.29) is 12.1 Å². The first-order chi connectivity index (χ1) is 11.3. The van der Waals surface area contributed by atoms with Gasteiger partial charge in [0.1, 0.15) is 6.10 Å². The Morgan fingerprint density at radius 2 is 1.96 bits per heavy atom. The molecule has 0 radical (unpaired) electrons. The van der Waals surface area contributed by atoms with Crippen molar-refractivity contribution < 1.29 is 9.53 Å². The van der Waals surface area contributed by atoms with Crippen molar-refractivity contribution in [1.82, 2.24) is 0 Å². The first-order valence-electron chi connectivity index (χ1n) is 9.86. The standard InChI is InChI=1S/C21H31BrO2/c1-13(23)24-15-6-10-21(3)14(11-15)12-18(22)19-16-5-4-8-20(16,2)9-7-17(19)21/h12,15-19H,4-11H2,1-3H3/t15-,16?,17?,18?,19?,20-,21-/m0/s1. The van der Waals surface area contributed by atoms with Gasteiger partial charge in [0.05, 0.1) is 0 Å². The Kier molecular flexibility index (Phi) is 4.18. The summed E-state index contributed by atoms with van der Waals surface area (Å²) in [7, 11) is 0. The minimum atomic E-state index is -0.132. The molecule has 3 heteroatoms. The molecule has 4 aliphatic rings. The topological polar surface area (TPSA) is 26.3 Å². The number of ether oxygens (including phenoxy) is 1. The van der Waals surface area contributed by atoms with Gasteiger partial charge >= 0.3 is 5.97 Å². The molecule has 3 saturated carbocycles. The summed E-state index contributed by atoms with van der Waals surface area (Å²) in [5, 5.41) is 0. The van der Waals surface area contributed by atoms with Crippen LogP contribution in [0.1, 0.15) is 72.1 Å². The molecule has 4 aliphatic carbocycles. The van der Waals surface area contributed by atoms with Crippen LogP contribution in [-0.4, -0.2) is 16.9 Å². The summed E-state index contributed by atoms with van der Waals surface area (Å²) in [5.74, 6) is 2.36. The van der Waals surface area contributed by atoms with Crippen molar-refractivity contribution in [3.8, 4) is 0 Å². The van der Waals surface area contributed by atoms with Gasteiger partial charge in [-0.15, -0.1) is 0 Å². The molecule has 2 nitrogen and oxygen atoms in total. The lowest BCUT2D eigenvalue weighted by Crippen LogP contribution is -2.52. The molecule has 24 heavy (non-hydrogen) atoms. The molecule has 134 valence electrons. The summed E-state index contributed by atoms with van der Waals surface area (Å²) in [4.78, 5) is 11.9. The highest BCUT2D eigenvalue weighted by Crippen LogP contribution is 2.65. The number of esters is 1. The highest BCUT2D eigenvalue weighted by molar-refractivity contribution is 9.09. The fourth-order valence-corrected chi connectivity index (χ4v) is 7.95. The van der Waals surface area contributed by atoms with Gasteiger partial charge in [0.15, 0.2) is 0 Å². The van der Waals surface area contributed by atoms with Crippen LogP contribution in [0.3, 0.4) is 0 Å². The van der Waals surface area contributed by atoms with Crippen molar-refractivity contribution in [2.75, 3.05) is 0 Å². The Labute approximate surface area is 154 Å². The van der Waals surface area contributed by atoms with Gasteiger partial charge in [-0.1, -0.05) is 47.8 Å². The third kappa shape index (κ3) is 2.52.